The number of rotatable bonds is 3. The average molecular weight is 192 g/mol. The third kappa shape index (κ3) is 2.42. The standard InChI is InChI=1S/C8H8N4O2/c1-12(5-7(13)14)8-10-3-2-6(4-9)11-8/h2-3H,5H2,1H3,(H,13,14). The van der Waals surface area contributed by atoms with E-state index >= 15 is 0 Å². The Morgan fingerprint density at radius 3 is 3.07 bits per heavy atom. The van der Waals surface area contributed by atoms with Crippen molar-refractivity contribution in [2.45, 2.75) is 0 Å². The lowest BCUT2D eigenvalue weighted by Gasteiger charge is -2.13. The molecule has 1 N–H and O–H groups in total. The molecule has 14 heavy (non-hydrogen) atoms. The topological polar surface area (TPSA) is 90.1 Å². The van der Waals surface area contributed by atoms with Crippen LogP contribution >= 0.6 is 0 Å². The van der Waals surface area contributed by atoms with Crippen molar-refractivity contribution >= 4 is 11.9 Å². The summed E-state index contributed by atoms with van der Waals surface area (Å²) < 4.78 is 0. The molecule has 1 heterocycles. The van der Waals surface area contributed by atoms with Gasteiger partial charge in [0.05, 0.1) is 0 Å². The van der Waals surface area contributed by atoms with Crippen molar-refractivity contribution in [3.8, 4) is 6.07 Å². The number of carboxylic acid groups (broad SMARTS) is 1. The minimum absolute atomic E-state index is 0.200. The van der Waals surface area contributed by atoms with Crippen LogP contribution in [0.5, 0.6) is 0 Å². The smallest absolute Gasteiger partial charge is 0.323 e. The molecule has 6 heteroatoms. The number of hydrogen-bond donors (Lipinski definition) is 1. The molecule has 0 atom stereocenters. The molecule has 0 bridgehead atoms. The number of carboxylic acids is 1. The molecule has 6 nitrogen and oxygen atoms in total. The number of likely N-dealkylation sites (N-methyl/N-ethyl adjacent to an activating group) is 1. The molecular weight excluding hydrogens is 184 g/mol. The van der Waals surface area contributed by atoms with E-state index in [0.29, 0.717) is 0 Å². The van der Waals surface area contributed by atoms with Crippen molar-refractivity contribution < 1.29 is 9.90 Å². The average Bonchev–Trinajstić information content (AvgIpc) is 2.17. The van der Waals surface area contributed by atoms with Crippen LogP contribution in [0.3, 0.4) is 0 Å². The van der Waals surface area contributed by atoms with E-state index in [1.807, 2.05) is 6.07 Å². The highest BCUT2D eigenvalue weighted by Gasteiger charge is 2.08. The summed E-state index contributed by atoms with van der Waals surface area (Å²) in [6.07, 6.45) is 1.42. The Balaban J connectivity index is 2.85. The fourth-order valence-electron chi connectivity index (χ4n) is 0.868. The van der Waals surface area contributed by atoms with Crippen LogP contribution in [0.1, 0.15) is 5.69 Å². The van der Waals surface area contributed by atoms with E-state index in [0.717, 1.165) is 0 Å². The molecule has 1 aromatic rings. The molecular formula is C8H8N4O2. The lowest BCUT2D eigenvalue weighted by atomic mass is 10.4. The first-order valence-corrected chi connectivity index (χ1v) is 3.79. The zero-order valence-electron chi connectivity index (χ0n) is 7.51. The minimum atomic E-state index is -0.974. The first kappa shape index (κ1) is 9.92. The van der Waals surface area contributed by atoms with Crippen LogP contribution in [0.15, 0.2) is 12.3 Å². The second-order valence-electron chi connectivity index (χ2n) is 2.60. The third-order valence-electron chi connectivity index (χ3n) is 1.47. The van der Waals surface area contributed by atoms with Crippen LogP contribution in [0.2, 0.25) is 0 Å². The monoisotopic (exact) mass is 192 g/mol. The second kappa shape index (κ2) is 4.18. The van der Waals surface area contributed by atoms with Crippen molar-refractivity contribution in [3.63, 3.8) is 0 Å². The zero-order valence-corrected chi connectivity index (χ0v) is 7.51. The molecule has 0 radical (unpaired) electrons. The van der Waals surface area contributed by atoms with Gasteiger partial charge in [-0.25, -0.2) is 9.97 Å². The summed E-state index contributed by atoms with van der Waals surface area (Å²) in [5, 5.41) is 17.1. The fourth-order valence-corrected chi connectivity index (χ4v) is 0.868. The van der Waals surface area contributed by atoms with Crippen LogP contribution in [-0.2, 0) is 4.79 Å². The number of hydrogen-bond acceptors (Lipinski definition) is 5. The van der Waals surface area contributed by atoms with Crippen LogP contribution in [0.4, 0.5) is 5.95 Å². The summed E-state index contributed by atoms with van der Waals surface area (Å²) in [5.74, 6) is -0.745. The molecule has 0 unspecified atom stereocenters. The lowest BCUT2D eigenvalue weighted by molar-refractivity contribution is -0.135. The van der Waals surface area contributed by atoms with Crippen LogP contribution < -0.4 is 4.90 Å². The first-order chi connectivity index (χ1) is 6.63. The van der Waals surface area contributed by atoms with Gasteiger partial charge in [0.2, 0.25) is 5.95 Å². The Labute approximate surface area is 80.4 Å². The predicted molar refractivity (Wildman–Crippen MR) is 47.7 cm³/mol. The predicted octanol–water partition coefficient (Wildman–Crippen LogP) is -0.131. The molecule has 1 rings (SSSR count). The largest absolute Gasteiger partial charge is 0.480 e. The molecule has 0 amide bonds. The molecule has 0 aliphatic carbocycles. The molecule has 0 aliphatic rings. The highest BCUT2D eigenvalue weighted by molar-refractivity contribution is 5.72. The SMILES string of the molecule is CN(CC(=O)O)c1nccc(C#N)n1. The van der Waals surface area contributed by atoms with Gasteiger partial charge in [-0.05, 0) is 6.07 Å². The Morgan fingerprint density at radius 1 is 1.79 bits per heavy atom. The van der Waals surface area contributed by atoms with Crippen molar-refractivity contribution in [3.05, 3.63) is 18.0 Å². The highest BCUT2D eigenvalue weighted by Crippen LogP contribution is 2.03. The van der Waals surface area contributed by atoms with E-state index in [1.165, 1.54) is 17.2 Å². The second-order valence-corrected chi connectivity index (χ2v) is 2.60. The number of nitriles is 1. The van der Waals surface area contributed by atoms with E-state index in [2.05, 4.69) is 9.97 Å². The number of anilines is 1. The molecule has 1 aromatic heterocycles. The molecule has 0 fully saturated rings. The van der Waals surface area contributed by atoms with Crippen LogP contribution in [0, 0.1) is 11.3 Å². The molecule has 72 valence electrons. The first-order valence-electron chi connectivity index (χ1n) is 3.79. The van der Waals surface area contributed by atoms with Gasteiger partial charge in [-0.1, -0.05) is 0 Å². The Hall–Kier alpha value is -2.16. The van der Waals surface area contributed by atoms with Gasteiger partial charge in [0.25, 0.3) is 0 Å². The summed E-state index contributed by atoms with van der Waals surface area (Å²) in [6.45, 7) is -0.200. The molecule has 0 spiro atoms. The molecule has 0 aromatic carbocycles. The lowest BCUT2D eigenvalue weighted by Crippen LogP contribution is -2.26. The quantitative estimate of drug-likeness (QED) is 0.717. The van der Waals surface area contributed by atoms with Crippen LogP contribution in [-0.4, -0.2) is 34.6 Å². The maximum atomic E-state index is 10.4. The molecule has 0 saturated heterocycles. The van der Waals surface area contributed by atoms with E-state index in [9.17, 15) is 4.79 Å². The van der Waals surface area contributed by atoms with Crippen molar-refractivity contribution in [2.75, 3.05) is 18.5 Å². The van der Waals surface area contributed by atoms with E-state index in [1.54, 1.807) is 7.05 Å². The van der Waals surface area contributed by atoms with Gasteiger partial charge in [-0.15, -0.1) is 0 Å². The Kier molecular flexibility index (Phi) is 2.97. The summed E-state index contributed by atoms with van der Waals surface area (Å²) in [6, 6.07) is 3.31. The van der Waals surface area contributed by atoms with Gasteiger partial charge in [0.15, 0.2) is 0 Å². The van der Waals surface area contributed by atoms with E-state index < -0.39 is 5.97 Å². The number of carbonyl (C=O) groups is 1. The maximum Gasteiger partial charge on any atom is 0.323 e. The van der Waals surface area contributed by atoms with Crippen LogP contribution in [0.25, 0.3) is 0 Å². The van der Waals surface area contributed by atoms with Gasteiger partial charge in [-0.2, -0.15) is 5.26 Å². The van der Waals surface area contributed by atoms with Crippen molar-refractivity contribution in [2.24, 2.45) is 0 Å². The van der Waals surface area contributed by atoms with Crippen molar-refractivity contribution in [1.29, 1.82) is 5.26 Å². The summed E-state index contributed by atoms with van der Waals surface area (Å²) >= 11 is 0. The van der Waals surface area contributed by atoms with E-state index in [-0.39, 0.29) is 18.2 Å². The molecule has 0 saturated carbocycles. The summed E-state index contributed by atoms with van der Waals surface area (Å²) in [5.41, 5.74) is 0.215. The van der Waals surface area contributed by atoms with Gasteiger partial charge < -0.3 is 10.0 Å². The maximum absolute atomic E-state index is 10.4. The Bertz CT molecular complexity index is 385. The van der Waals surface area contributed by atoms with E-state index in [4.69, 9.17) is 10.4 Å². The van der Waals surface area contributed by atoms with Gasteiger partial charge in [0.1, 0.15) is 18.3 Å². The summed E-state index contributed by atoms with van der Waals surface area (Å²) in [7, 11) is 1.55. The Morgan fingerprint density at radius 2 is 2.50 bits per heavy atom. The highest BCUT2D eigenvalue weighted by atomic mass is 16.4. The fraction of sp³-hybridized carbons (Fsp3) is 0.250. The molecule has 0 aliphatic heterocycles. The normalized spacial score (nSPS) is 9.14. The van der Waals surface area contributed by atoms with Gasteiger partial charge in [-0.3, -0.25) is 4.79 Å². The minimum Gasteiger partial charge on any atom is -0.480 e. The van der Waals surface area contributed by atoms with Gasteiger partial charge >= 0.3 is 5.97 Å². The number of aromatic nitrogens is 2. The number of nitrogens with zero attached hydrogens (tertiary/aromatic N) is 4. The number of aliphatic carboxylic acids is 1. The van der Waals surface area contributed by atoms with Gasteiger partial charge in [0, 0.05) is 13.2 Å². The third-order valence-corrected chi connectivity index (χ3v) is 1.47. The summed E-state index contributed by atoms with van der Waals surface area (Å²) in [4.78, 5) is 19.4. The zero-order chi connectivity index (χ0) is 10.6. The van der Waals surface area contributed by atoms with Crippen molar-refractivity contribution in [1.82, 2.24) is 9.97 Å².